The van der Waals surface area contributed by atoms with Crippen molar-refractivity contribution in [2.45, 2.75) is 19.3 Å². The van der Waals surface area contributed by atoms with Crippen LogP contribution in [0.25, 0.3) is 10.8 Å². The maximum atomic E-state index is 12.4. The van der Waals surface area contributed by atoms with Crippen LogP contribution in [0, 0.1) is 6.92 Å². The van der Waals surface area contributed by atoms with E-state index in [4.69, 9.17) is 9.15 Å². The molecule has 3 aromatic rings. The van der Waals surface area contributed by atoms with Gasteiger partial charge in [-0.2, -0.15) is 0 Å². The Morgan fingerprint density at radius 3 is 2.70 bits per heavy atom. The van der Waals surface area contributed by atoms with E-state index >= 15 is 0 Å². The fourth-order valence-corrected chi connectivity index (χ4v) is 3.24. The number of ether oxygens (including phenoxy) is 1. The third kappa shape index (κ3) is 2.23. The molecule has 0 saturated heterocycles. The maximum Gasteiger partial charge on any atom is 0.343 e. The molecule has 4 rings (SSSR count). The standard InChI is InChI=1S/C19H14O4/c1-11-9-16-18(19(21)22-11)15(10-17(20)23-16)14-8-4-6-12-5-2-3-7-13(12)14/h2-9,15H,10H2,1H3/t15-/m0/s1. The molecule has 1 aliphatic heterocycles. The monoisotopic (exact) mass is 306 g/mol. The first-order valence-corrected chi connectivity index (χ1v) is 7.46. The van der Waals surface area contributed by atoms with Crippen LogP contribution in [0.3, 0.4) is 0 Å². The van der Waals surface area contributed by atoms with Crippen LogP contribution in [0.4, 0.5) is 0 Å². The fourth-order valence-electron chi connectivity index (χ4n) is 3.24. The summed E-state index contributed by atoms with van der Waals surface area (Å²) < 4.78 is 10.5. The quantitative estimate of drug-likeness (QED) is 0.645. The van der Waals surface area contributed by atoms with Gasteiger partial charge in [0.2, 0.25) is 0 Å². The zero-order valence-electron chi connectivity index (χ0n) is 12.5. The number of aryl methyl sites for hydroxylation is 1. The molecule has 23 heavy (non-hydrogen) atoms. The highest BCUT2D eigenvalue weighted by Gasteiger charge is 2.33. The Hall–Kier alpha value is -2.88. The minimum Gasteiger partial charge on any atom is -0.428 e. The normalized spacial score (nSPS) is 16.9. The summed E-state index contributed by atoms with van der Waals surface area (Å²) in [5.74, 6) is 0.0580. The summed E-state index contributed by atoms with van der Waals surface area (Å²) in [4.78, 5) is 24.4. The van der Waals surface area contributed by atoms with Gasteiger partial charge in [0, 0.05) is 12.0 Å². The van der Waals surface area contributed by atoms with E-state index in [-0.39, 0.29) is 18.3 Å². The van der Waals surface area contributed by atoms with E-state index < -0.39 is 5.63 Å². The van der Waals surface area contributed by atoms with Crippen LogP contribution in [0.15, 0.2) is 57.7 Å². The van der Waals surface area contributed by atoms with Gasteiger partial charge in [0.05, 0.1) is 12.0 Å². The van der Waals surface area contributed by atoms with Crippen LogP contribution in [0.5, 0.6) is 5.75 Å². The Balaban J connectivity index is 2.00. The van der Waals surface area contributed by atoms with Crippen molar-refractivity contribution in [3.8, 4) is 5.75 Å². The molecule has 1 aromatic heterocycles. The number of carbonyl (C=O) groups excluding carboxylic acids is 1. The van der Waals surface area contributed by atoms with Gasteiger partial charge in [-0.05, 0) is 23.3 Å². The first kappa shape index (κ1) is 13.8. The molecule has 2 heterocycles. The Labute approximate surface area is 132 Å². The van der Waals surface area contributed by atoms with Gasteiger partial charge in [0.15, 0.2) is 0 Å². The Kier molecular flexibility index (Phi) is 3.05. The van der Waals surface area contributed by atoms with Crippen LogP contribution in [-0.2, 0) is 4.79 Å². The van der Waals surface area contributed by atoms with Crippen LogP contribution in [-0.4, -0.2) is 5.97 Å². The average Bonchev–Trinajstić information content (AvgIpc) is 2.52. The van der Waals surface area contributed by atoms with Crippen molar-refractivity contribution >= 4 is 16.7 Å². The lowest BCUT2D eigenvalue weighted by Gasteiger charge is -2.24. The zero-order valence-corrected chi connectivity index (χ0v) is 12.5. The molecule has 0 aliphatic carbocycles. The predicted octanol–water partition coefficient (Wildman–Crippen LogP) is 3.54. The third-order valence-electron chi connectivity index (χ3n) is 4.22. The molecule has 1 aliphatic rings. The number of benzene rings is 2. The summed E-state index contributed by atoms with van der Waals surface area (Å²) in [5.41, 5.74) is 0.925. The van der Waals surface area contributed by atoms with Crippen molar-refractivity contribution < 1.29 is 13.9 Å². The summed E-state index contributed by atoms with van der Waals surface area (Å²) in [6.45, 7) is 1.66. The van der Waals surface area contributed by atoms with Gasteiger partial charge in [-0.25, -0.2) is 4.79 Å². The van der Waals surface area contributed by atoms with Crippen molar-refractivity contribution in [2.24, 2.45) is 0 Å². The molecule has 0 saturated carbocycles. The van der Waals surface area contributed by atoms with Crippen LogP contribution in [0.2, 0.25) is 0 Å². The van der Waals surface area contributed by atoms with Crippen LogP contribution >= 0.6 is 0 Å². The average molecular weight is 306 g/mol. The molecular weight excluding hydrogens is 292 g/mol. The number of carbonyl (C=O) groups is 1. The second kappa shape index (κ2) is 5.09. The van der Waals surface area contributed by atoms with Gasteiger partial charge in [-0.3, -0.25) is 4.79 Å². The topological polar surface area (TPSA) is 56.5 Å². The molecule has 2 aromatic carbocycles. The van der Waals surface area contributed by atoms with Gasteiger partial charge in [-0.1, -0.05) is 42.5 Å². The molecule has 114 valence electrons. The van der Waals surface area contributed by atoms with Gasteiger partial charge in [0.1, 0.15) is 11.5 Å². The van der Waals surface area contributed by atoms with E-state index in [1.165, 1.54) is 0 Å². The Morgan fingerprint density at radius 1 is 1.04 bits per heavy atom. The minimum atomic E-state index is -0.439. The van der Waals surface area contributed by atoms with Gasteiger partial charge in [0.25, 0.3) is 0 Å². The second-order valence-electron chi connectivity index (χ2n) is 5.72. The molecule has 0 spiro atoms. The number of fused-ring (bicyclic) bond motifs is 2. The van der Waals surface area contributed by atoms with Crippen molar-refractivity contribution in [3.63, 3.8) is 0 Å². The lowest BCUT2D eigenvalue weighted by Crippen LogP contribution is -2.26. The smallest absolute Gasteiger partial charge is 0.343 e. The molecule has 4 nitrogen and oxygen atoms in total. The van der Waals surface area contributed by atoms with Crippen LogP contribution < -0.4 is 10.4 Å². The van der Waals surface area contributed by atoms with Crippen molar-refractivity contribution in [3.05, 3.63) is 75.8 Å². The van der Waals surface area contributed by atoms with E-state index in [0.717, 1.165) is 16.3 Å². The summed E-state index contributed by atoms with van der Waals surface area (Å²) in [7, 11) is 0. The van der Waals surface area contributed by atoms with Gasteiger partial charge in [-0.15, -0.1) is 0 Å². The summed E-state index contributed by atoms with van der Waals surface area (Å²) in [6.07, 6.45) is 0.134. The summed E-state index contributed by atoms with van der Waals surface area (Å²) in [5, 5.41) is 2.10. The van der Waals surface area contributed by atoms with Crippen molar-refractivity contribution in [1.82, 2.24) is 0 Å². The van der Waals surface area contributed by atoms with E-state index in [0.29, 0.717) is 17.1 Å². The van der Waals surface area contributed by atoms with Crippen molar-refractivity contribution in [2.75, 3.05) is 0 Å². The van der Waals surface area contributed by atoms with Crippen LogP contribution in [0.1, 0.15) is 29.2 Å². The SMILES string of the molecule is Cc1cc2c(c(=O)o1)[C@H](c1cccc3ccccc13)CC(=O)O2. The number of hydrogen-bond donors (Lipinski definition) is 0. The molecule has 0 unspecified atom stereocenters. The second-order valence-corrected chi connectivity index (χ2v) is 5.72. The molecule has 0 radical (unpaired) electrons. The number of hydrogen-bond acceptors (Lipinski definition) is 4. The highest BCUT2D eigenvalue weighted by atomic mass is 16.5. The number of rotatable bonds is 1. The lowest BCUT2D eigenvalue weighted by molar-refractivity contribution is -0.135. The maximum absolute atomic E-state index is 12.4. The van der Waals surface area contributed by atoms with Gasteiger partial charge < -0.3 is 9.15 Å². The zero-order chi connectivity index (χ0) is 16.0. The molecule has 0 fully saturated rings. The third-order valence-corrected chi connectivity index (χ3v) is 4.22. The van der Waals surface area contributed by atoms with E-state index in [9.17, 15) is 9.59 Å². The molecule has 0 bridgehead atoms. The molecule has 0 N–H and O–H groups in total. The summed E-state index contributed by atoms with van der Waals surface area (Å²) in [6, 6.07) is 15.4. The largest absolute Gasteiger partial charge is 0.428 e. The molecule has 1 atom stereocenters. The highest BCUT2D eigenvalue weighted by molar-refractivity contribution is 5.88. The first-order valence-electron chi connectivity index (χ1n) is 7.46. The predicted molar refractivity (Wildman–Crippen MR) is 85.8 cm³/mol. The lowest BCUT2D eigenvalue weighted by atomic mass is 9.84. The first-order chi connectivity index (χ1) is 11.1. The summed E-state index contributed by atoms with van der Waals surface area (Å²) >= 11 is 0. The molecular formula is C19H14O4. The minimum absolute atomic E-state index is 0.134. The van der Waals surface area contributed by atoms with E-state index in [1.54, 1.807) is 13.0 Å². The fraction of sp³-hybridized carbons (Fsp3) is 0.158. The molecule has 0 amide bonds. The number of esters is 1. The Morgan fingerprint density at radius 2 is 1.83 bits per heavy atom. The van der Waals surface area contributed by atoms with Gasteiger partial charge >= 0.3 is 11.6 Å². The van der Waals surface area contributed by atoms with E-state index in [2.05, 4.69) is 0 Å². The van der Waals surface area contributed by atoms with E-state index in [1.807, 2.05) is 42.5 Å². The Bertz CT molecular complexity index is 979. The highest BCUT2D eigenvalue weighted by Crippen LogP contribution is 2.39. The molecule has 4 heteroatoms. The van der Waals surface area contributed by atoms with Crippen molar-refractivity contribution in [1.29, 1.82) is 0 Å².